The highest BCUT2D eigenvalue weighted by Crippen LogP contribution is 2.39. The van der Waals surface area contributed by atoms with Crippen molar-refractivity contribution in [1.29, 1.82) is 0 Å². The van der Waals surface area contributed by atoms with E-state index >= 15 is 0 Å². The highest BCUT2D eigenvalue weighted by Gasteiger charge is 2.36. The lowest BCUT2D eigenvalue weighted by Gasteiger charge is -2.36. The van der Waals surface area contributed by atoms with Gasteiger partial charge < -0.3 is 5.32 Å². The van der Waals surface area contributed by atoms with Gasteiger partial charge in [0.2, 0.25) is 0 Å². The summed E-state index contributed by atoms with van der Waals surface area (Å²) in [6.45, 7) is 0.850. The van der Waals surface area contributed by atoms with Crippen LogP contribution in [0.2, 0.25) is 0 Å². The van der Waals surface area contributed by atoms with Gasteiger partial charge in [-0.15, -0.1) is 11.8 Å². The second-order valence-electron chi connectivity index (χ2n) is 4.10. The third-order valence-corrected chi connectivity index (χ3v) is 4.41. The number of carbonyl (C=O) groups is 1. The van der Waals surface area contributed by atoms with Crippen LogP contribution < -0.4 is 5.32 Å². The summed E-state index contributed by atoms with van der Waals surface area (Å²) in [6.07, 6.45) is 0.681. The van der Waals surface area contributed by atoms with E-state index in [0.29, 0.717) is 18.2 Å². The van der Waals surface area contributed by atoms with Crippen molar-refractivity contribution < 1.29 is 4.79 Å². The Balaban J connectivity index is 2.06. The predicted octanol–water partition coefficient (Wildman–Crippen LogP) is 1.81. The summed E-state index contributed by atoms with van der Waals surface area (Å²) >= 11 is 1.86. The number of piperidine rings is 1. The van der Waals surface area contributed by atoms with Gasteiger partial charge in [-0.25, -0.2) is 0 Å². The van der Waals surface area contributed by atoms with Crippen LogP contribution in [0.1, 0.15) is 17.9 Å². The monoisotopic (exact) mass is 219 g/mol. The first kappa shape index (κ1) is 9.43. The van der Waals surface area contributed by atoms with Gasteiger partial charge in [0.15, 0.2) is 0 Å². The highest BCUT2D eigenvalue weighted by atomic mass is 32.2. The second-order valence-corrected chi connectivity index (χ2v) is 5.17. The number of rotatable bonds is 0. The van der Waals surface area contributed by atoms with E-state index in [9.17, 15) is 4.79 Å². The van der Waals surface area contributed by atoms with Crippen LogP contribution in [0.25, 0.3) is 0 Å². The van der Waals surface area contributed by atoms with Gasteiger partial charge in [0.25, 0.3) is 0 Å². The Kier molecular flexibility index (Phi) is 2.29. The zero-order valence-corrected chi connectivity index (χ0v) is 9.22. The van der Waals surface area contributed by atoms with Crippen molar-refractivity contribution in [3.63, 3.8) is 0 Å². The smallest absolute Gasteiger partial charge is 0.143 e. The van der Waals surface area contributed by atoms with Crippen LogP contribution in [0.3, 0.4) is 0 Å². The van der Waals surface area contributed by atoms with E-state index in [1.807, 2.05) is 23.9 Å². The van der Waals surface area contributed by atoms with E-state index in [4.69, 9.17) is 0 Å². The molecule has 0 aliphatic carbocycles. The van der Waals surface area contributed by atoms with E-state index in [2.05, 4.69) is 17.4 Å². The Morgan fingerprint density at radius 2 is 2.20 bits per heavy atom. The summed E-state index contributed by atoms with van der Waals surface area (Å²) in [5.41, 5.74) is 1.23. The molecule has 78 valence electrons. The first-order chi connectivity index (χ1) is 7.36. The molecule has 2 unspecified atom stereocenters. The Hall–Kier alpha value is -0.800. The number of fused-ring (bicyclic) bond motifs is 3. The first-order valence-electron chi connectivity index (χ1n) is 5.34. The van der Waals surface area contributed by atoms with Crippen molar-refractivity contribution in [2.75, 3.05) is 12.3 Å². The number of ketones is 1. The number of benzene rings is 1. The molecule has 1 aromatic rings. The summed E-state index contributed by atoms with van der Waals surface area (Å²) < 4.78 is 0. The van der Waals surface area contributed by atoms with Crippen molar-refractivity contribution in [2.24, 2.45) is 0 Å². The average molecular weight is 219 g/mol. The van der Waals surface area contributed by atoms with Crippen LogP contribution >= 0.6 is 11.8 Å². The van der Waals surface area contributed by atoms with Crippen LogP contribution in [-0.4, -0.2) is 24.1 Å². The maximum atomic E-state index is 11.9. The number of hydrogen-bond donors (Lipinski definition) is 1. The SMILES string of the molecule is O=C1CCNC2CSc3ccccc3C12. The van der Waals surface area contributed by atoms with Gasteiger partial charge in [0, 0.05) is 29.7 Å². The quantitative estimate of drug-likeness (QED) is 0.721. The van der Waals surface area contributed by atoms with Crippen molar-refractivity contribution in [1.82, 2.24) is 5.32 Å². The molecule has 1 fully saturated rings. The Labute approximate surface area is 93.4 Å². The molecule has 0 saturated carbocycles. The summed E-state index contributed by atoms with van der Waals surface area (Å²) in [5, 5.41) is 3.45. The average Bonchev–Trinajstić information content (AvgIpc) is 2.29. The molecule has 1 saturated heterocycles. The molecule has 0 amide bonds. The molecular formula is C12H13NOS. The van der Waals surface area contributed by atoms with E-state index in [-0.39, 0.29) is 5.92 Å². The van der Waals surface area contributed by atoms with Crippen molar-refractivity contribution in [3.05, 3.63) is 29.8 Å². The molecule has 2 nitrogen and oxygen atoms in total. The van der Waals surface area contributed by atoms with Gasteiger partial charge in [-0.2, -0.15) is 0 Å². The van der Waals surface area contributed by atoms with E-state index < -0.39 is 0 Å². The fourth-order valence-corrected chi connectivity index (χ4v) is 3.68. The van der Waals surface area contributed by atoms with Crippen LogP contribution in [-0.2, 0) is 4.79 Å². The molecule has 2 atom stereocenters. The van der Waals surface area contributed by atoms with Gasteiger partial charge in [-0.1, -0.05) is 18.2 Å². The molecule has 0 bridgehead atoms. The van der Waals surface area contributed by atoms with Crippen molar-refractivity contribution >= 4 is 17.5 Å². The predicted molar refractivity (Wildman–Crippen MR) is 61.3 cm³/mol. The van der Waals surface area contributed by atoms with Gasteiger partial charge >= 0.3 is 0 Å². The van der Waals surface area contributed by atoms with Gasteiger partial charge in [-0.3, -0.25) is 4.79 Å². The molecule has 1 N–H and O–H groups in total. The van der Waals surface area contributed by atoms with E-state index in [1.165, 1.54) is 10.5 Å². The number of hydrogen-bond acceptors (Lipinski definition) is 3. The third kappa shape index (κ3) is 1.50. The molecule has 2 aliphatic heterocycles. The lowest BCUT2D eigenvalue weighted by molar-refractivity contribution is -0.122. The van der Waals surface area contributed by atoms with Crippen LogP contribution in [0.4, 0.5) is 0 Å². The zero-order valence-electron chi connectivity index (χ0n) is 8.40. The molecule has 1 aromatic carbocycles. The molecule has 3 rings (SSSR count). The Bertz CT molecular complexity index is 404. The van der Waals surface area contributed by atoms with Gasteiger partial charge in [0.05, 0.1) is 5.92 Å². The number of thioether (sulfide) groups is 1. The molecule has 0 spiro atoms. The summed E-state index contributed by atoms with van der Waals surface area (Å²) in [7, 11) is 0. The normalized spacial score (nSPS) is 29.5. The van der Waals surface area contributed by atoms with Crippen LogP contribution in [0.5, 0.6) is 0 Å². The molecule has 2 aliphatic rings. The minimum absolute atomic E-state index is 0.108. The highest BCUT2D eigenvalue weighted by molar-refractivity contribution is 7.99. The summed E-state index contributed by atoms with van der Waals surface area (Å²) in [5.74, 6) is 1.54. The van der Waals surface area contributed by atoms with Gasteiger partial charge in [0.1, 0.15) is 5.78 Å². The summed E-state index contributed by atoms with van der Waals surface area (Å²) in [4.78, 5) is 13.2. The number of carbonyl (C=O) groups excluding carboxylic acids is 1. The maximum Gasteiger partial charge on any atom is 0.143 e. The Morgan fingerprint density at radius 1 is 1.33 bits per heavy atom. The first-order valence-corrected chi connectivity index (χ1v) is 6.32. The molecule has 2 heterocycles. The minimum Gasteiger partial charge on any atom is -0.312 e. The fraction of sp³-hybridized carbons (Fsp3) is 0.417. The number of Topliss-reactive ketones (excluding diaryl/α,β-unsaturated/α-hetero) is 1. The van der Waals surface area contributed by atoms with Crippen molar-refractivity contribution in [3.8, 4) is 0 Å². The minimum atomic E-state index is 0.108. The van der Waals surface area contributed by atoms with Gasteiger partial charge in [-0.05, 0) is 11.6 Å². The summed E-state index contributed by atoms with van der Waals surface area (Å²) in [6, 6.07) is 8.66. The maximum absolute atomic E-state index is 11.9. The lowest BCUT2D eigenvalue weighted by Crippen LogP contribution is -2.48. The van der Waals surface area contributed by atoms with Crippen molar-refractivity contribution in [2.45, 2.75) is 23.3 Å². The number of nitrogens with one attached hydrogen (secondary N) is 1. The lowest BCUT2D eigenvalue weighted by atomic mass is 9.84. The topological polar surface area (TPSA) is 29.1 Å². The molecule has 0 aromatic heterocycles. The largest absolute Gasteiger partial charge is 0.312 e. The molecule has 3 heteroatoms. The van der Waals surface area contributed by atoms with Crippen LogP contribution in [0.15, 0.2) is 29.2 Å². The zero-order chi connectivity index (χ0) is 10.3. The second kappa shape index (κ2) is 3.65. The Morgan fingerprint density at radius 3 is 3.13 bits per heavy atom. The third-order valence-electron chi connectivity index (χ3n) is 3.20. The standard InChI is InChI=1S/C12H13NOS/c14-10-5-6-13-9-7-15-11-4-2-1-3-8(11)12(9)10/h1-4,9,12-13H,5-7H2. The molecule has 15 heavy (non-hydrogen) atoms. The fourth-order valence-electron chi connectivity index (χ4n) is 2.47. The van der Waals surface area contributed by atoms with Crippen LogP contribution in [0, 0.1) is 0 Å². The van der Waals surface area contributed by atoms with E-state index in [0.717, 1.165) is 12.3 Å². The molecular weight excluding hydrogens is 206 g/mol. The molecule has 0 radical (unpaired) electrons. The van der Waals surface area contributed by atoms with E-state index in [1.54, 1.807) is 0 Å².